The van der Waals surface area contributed by atoms with E-state index in [-0.39, 0.29) is 16.8 Å². The van der Waals surface area contributed by atoms with Crippen molar-refractivity contribution in [1.82, 2.24) is 10.3 Å². The smallest absolute Gasteiger partial charge is 0.337 e. The molecule has 3 heterocycles. The molecule has 0 fully saturated rings. The fourth-order valence-corrected chi connectivity index (χ4v) is 3.98. The van der Waals surface area contributed by atoms with Crippen molar-refractivity contribution in [3.05, 3.63) is 51.8 Å². The minimum Gasteiger partial charge on any atom is -0.466 e. The Labute approximate surface area is 153 Å². The molecule has 1 aliphatic heterocycles. The van der Waals surface area contributed by atoms with Gasteiger partial charge in [0, 0.05) is 17.3 Å². The molecule has 0 aliphatic carbocycles. The largest absolute Gasteiger partial charge is 0.466 e. The zero-order chi connectivity index (χ0) is 18.8. The van der Waals surface area contributed by atoms with Crippen molar-refractivity contribution in [2.24, 2.45) is 0 Å². The van der Waals surface area contributed by atoms with Crippen LogP contribution in [-0.2, 0) is 19.1 Å². The zero-order valence-corrected chi connectivity index (χ0v) is 15.1. The Morgan fingerprint density at radius 2 is 1.96 bits per heavy atom. The number of nitrogens with zero attached hydrogens (tertiary/aromatic N) is 2. The normalized spacial score (nSPS) is 16.9. The Morgan fingerprint density at radius 1 is 1.27 bits per heavy atom. The Morgan fingerprint density at radius 3 is 2.62 bits per heavy atom. The number of aromatic nitrogens is 1. The standard InChI is InChI=1S/C18H15N3O4S/c1-9-13(17(22)24-2)14(15(18(23)25-3)12(7-19)21-9)11-8-26-16-10(11)5-4-6-20-16/h4-6,8,14,21H,1-3H3. The van der Waals surface area contributed by atoms with Gasteiger partial charge in [0.25, 0.3) is 0 Å². The Kier molecular flexibility index (Phi) is 4.73. The van der Waals surface area contributed by atoms with Gasteiger partial charge in [-0.15, -0.1) is 11.3 Å². The molecule has 0 aromatic carbocycles. The van der Waals surface area contributed by atoms with E-state index < -0.39 is 17.9 Å². The quantitative estimate of drug-likeness (QED) is 0.829. The highest BCUT2D eigenvalue weighted by molar-refractivity contribution is 7.16. The number of dihydropyridines is 1. The van der Waals surface area contributed by atoms with Crippen molar-refractivity contribution >= 4 is 33.5 Å². The molecular weight excluding hydrogens is 354 g/mol. The number of methoxy groups -OCH3 is 2. The summed E-state index contributed by atoms with van der Waals surface area (Å²) in [6, 6.07) is 5.63. The minimum absolute atomic E-state index is 0.0512. The lowest BCUT2D eigenvalue weighted by molar-refractivity contribution is -0.137. The fraction of sp³-hybridized carbons (Fsp3) is 0.222. The number of allylic oxidation sites excluding steroid dienone is 2. The molecule has 7 nitrogen and oxygen atoms in total. The molecule has 3 rings (SSSR count). The van der Waals surface area contributed by atoms with Gasteiger partial charge >= 0.3 is 11.9 Å². The number of carbonyl (C=O) groups excluding carboxylic acids is 2. The first-order valence-corrected chi connectivity index (χ1v) is 8.52. The van der Waals surface area contributed by atoms with Crippen molar-refractivity contribution in [3.63, 3.8) is 0 Å². The summed E-state index contributed by atoms with van der Waals surface area (Å²) >= 11 is 1.40. The number of esters is 2. The van der Waals surface area contributed by atoms with Crippen molar-refractivity contribution in [2.45, 2.75) is 12.8 Å². The number of pyridine rings is 1. The molecule has 1 aliphatic rings. The van der Waals surface area contributed by atoms with E-state index in [1.54, 1.807) is 19.2 Å². The van der Waals surface area contributed by atoms with Gasteiger partial charge < -0.3 is 14.8 Å². The van der Waals surface area contributed by atoms with Gasteiger partial charge in [0.2, 0.25) is 0 Å². The van der Waals surface area contributed by atoms with Crippen LogP contribution in [0.25, 0.3) is 10.2 Å². The van der Waals surface area contributed by atoms with Crippen molar-refractivity contribution < 1.29 is 19.1 Å². The lowest BCUT2D eigenvalue weighted by Crippen LogP contribution is -2.32. The summed E-state index contributed by atoms with van der Waals surface area (Å²) in [5.74, 6) is -2.05. The molecule has 0 spiro atoms. The van der Waals surface area contributed by atoms with Crippen molar-refractivity contribution in [2.75, 3.05) is 14.2 Å². The van der Waals surface area contributed by atoms with E-state index in [1.165, 1.54) is 25.6 Å². The molecule has 0 saturated carbocycles. The van der Waals surface area contributed by atoms with Gasteiger partial charge in [0.1, 0.15) is 16.6 Å². The molecule has 1 atom stereocenters. The third-order valence-corrected chi connectivity index (χ3v) is 5.10. The number of carbonyl (C=O) groups is 2. The molecule has 2 aromatic rings. The van der Waals surface area contributed by atoms with E-state index in [9.17, 15) is 14.9 Å². The second-order valence-corrected chi connectivity index (χ2v) is 6.39. The SMILES string of the molecule is COC(=O)C1=C(C)NC(C#N)=C(C(=O)OC)C1c1csc2ncccc12. The molecule has 0 bridgehead atoms. The molecule has 0 amide bonds. The number of nitriles is 1. The highest BCUT2D eigenvalue weighted by Gasteiger charge is 2.40. The first-order chi connectivity index (χ1) is 12.5. The number of rotatable bonds is 3. The summed E-state index contributed by atoms with van der Waals surface area (Å²) in [6.45, 7) is 1.66. The Bertz CT molecular complexity index is 1010. The maximum Gasteiger partial charge on any atom is 0.337 e. The molecule has 1 unspecified atom stereocenters. The molecule has 0 saturated heterocycles. The number of hydrogen-bond donors (Lipinski definition) is 1. The first kappa shape index (κ1) is 17.6. The molecule has 132 valence electrons. The average Bonchev–Trinajstić information content (AvgIpc) is 3.09. The number of nitrogens with one attached hydrogen (secondary N) is 1. The van der Waals surface area contributed by atoms with Gasteiger partial charge in [0.05, 0.1) is 31.3 Å². The Hall–Kier alpha value is -3.18. The van der Waals surface area contributed by atoms with E-state index in [4.69, 9.17) is 9.47 Å². The topological polar surface area (TPSA) is 101 Å². The van der Waals surface area contributed by atoms with Crippen LogP contribution in [0.15, 0.2) is 46.2 Å². The zero-order valence-electron chi connectivity index (χ0n) is 14.3. The first-order valence-electron chi connectivity index (χ1n) is 7.64. The van der Waals surface area contributed by atoms with Crippen LogP contribution in [0, 0.1) is 11.3 Å². The lowest BCUT2D eigenvalue weighted by atomic mass is 9.80. The maximum absolute atomic E-state index is 12.5. The van der Waals surface area contributed by atoms with Gasteiger partial charge in [-0.1, -0.05) is 6.07 Å². The number of ether oxygens (including phenoxy) is 2. The van der Waals surface area contributed by atoms with E-state index in [2.05, 4.69) is 10.3 Å². The van der Waals surface area contributed by atoms with Gasteiger partial charge in [-0.2, -0.15) is 5.26 Å². The third-order valence-electron chi connectivity index (χ3n) is 4.18. The van der Waals surface area contributed by atoms with Crippen LogP contribution in [0.3, 0.4) is 0 Å². The summed E-state index contributed by atoms with van der Waals surface area (Å²) in [5, 5.41) is 15.0. The molecule has 26 heavy (non-hydrogen) atoms. The minimum atomic E-state index is -0.788. The van der Waals surface area contributed by atoms with E-state index in [1.807, 2.05) is 17.5 Å². The summed E-state index contributed by atoms with van der Waals surface area (Å²) < 4.78 is 9.81. The number of thiophene rings is 1. The average molecular weight is 369 g/mol. The van der Waals surface area contributed by atoms with Gasteiger partial charge in [0.15, 0.2) is 0 Å². The second-order valence-electron chi connectivity index (χ2n) is 5.53. The van der Waals surface area contributed by atoms with E-state index in [0.29, 0.717) is 11.3 Å². The molecular formula is C18H15N3O4S. The third kappa shape index (κ3) is 2.72. The molecule has 0 radical (unpaired) electrons. The highest BCUT2D eigenvalue weighted by Crippen LogP contribution is 2.43. The second kappa shape index (κ2) is 6.98. The van der Waals surface area contributed by atoms with Crippen LogP contribution < -0.4 is 5.32 Å². The van der Waals surface area contributed by atoms with Crippen LogP contribution in [-0.4, -0.2) is 31.1 Å². The summed E-state index contributed by atoms with van der Waals surface area (Å²) in [4.78, 5) is 30.0. The molecule has 8 heteroatoms. The molecule has 2 aromatic heterocycles. The fourth-order valence-electron chi connectivity index (χ4n) is 3.05. The van der Waals surface area contributed by atoms with Gasteiger partial charge in [-0.25, -0.2) is 14.6 Å². The number of fused-ring (bicyclic) bond motifs is 1. The van der Waals surface area contributed by atoms with E-state index >= 15 is 0 Å². The summed E-state index contributed by atoms with van der Waals surface area (Å²) in [6.07, 6.45) is 1.67. The maximum atomic E-state index is 12.5. The number of hydrogen-bond acceptors (Lipinski definition) is 8. The van der Waals surface area contributed by atoms with Gasteiger partial charge in [-0.3, -0.25) is 0 Å². The van der Waals surface area contributed by atoms with Gasteiger partial charge in [-0.05, 0) is 23.9 Å². The highest BCUT2D eigenvalue weighted by atomic mass is 32.1. The summed E-state index contributed by atoms with van der Waals surface area (Å²) in [5.41, 5.74) is 1.54. The lowest BCUT2D eigenvalue weighted by Gasteiger charge is -2.28. The van der Waals surface area contributed by atoms with Crippen LogP contribution in [0.4, 0.5) is 0 Å². The van der Waals surface area contributed by atoms with Crippen LogP contribution >= 0.6 is 11.3 Å². The predicted molar refractivity (Wildman–Crippen MR) is 94.9 cm³/mol. The van der Waals surface area contributed by atoms with Crippen molar-refractivity contribution in [1.29, 1.82) is 5.26 Å². The van der Waals surface area contributed by atoms with Crippen LogP contribution in [0.5, 0.6) is 0 Å². The molecule has 1 N–H and O–H groups in total. The Balaban J connectivity index is 2.33. The van der Waals surface area contributed by atoms with Crippen LogP contribution in [0.1, 0.15) is 18.4 Å². The monoisotopic (exact) mass is 369 g/mol. The van der Waals surface area contributed by atoms with E-state index in [0.717, 1.165) is 10.2 Å². The van der Waals surface area contributed by atoms with Crippen LogP contribution in [0.2, 0.25) is 0 Å². The summed E-state index contributed by atoms with van der Waals surface area (Å²) in [7, 11) is 2.51. The predicted octanol–water partition coefficient (Wildman–Crippen LogP) is 2.38. The van der Waals surface area contributed by atoms with Crippen molar-refractivity contribution in [3.8, 4) is 6.07 Å².